The van der Waals surface area contributed by atoms with Gasteiger partial charge < -0.3 is 81.2 Å². The zero-order chi connectivity index (χ0) is 67.2. The van der Waals surface area contributed by atoms with Gasteiger partial charge in [0.25, 0.3) is 11.8 Å². The maximum absolute atomic E-state index is 12.5. The van der Waals surface area contributed by atoms with Crippen LogP contribution in [0, 0.1) is 0 Å². The van der Waals surface area contributed by atoms with Crippen LogP contribution in [0.4, 0.5) is 14.4 Å². The van der Waals surface area contributed by atoms with Gasteiger partial charge in [0, 0.05) is 70.4 Å². The lowest BCUT2D eigenvalue weighted by molar-refractivity contribution is -0.199. The van der Waals surface area contributed by atoms with E-state index in [1.807, 2.05) is 59.7 Å². The lowest BCUT2D eigenvalue weighted by Gasteiger charge is -2.28. The number of primary amides is 2. The van der Waals surface area contributed by atoms with Crippen LogP contribution in [0.1, 0.15) is 139 Å². The fourth-order valence-corrected chi connectivity index (χ4v) is 7.39. The second-order valence-electron chi connectivity index (χ2n) is 22.2. The normalized spacial score (nSPS) is 12.6. The highest BCUT2D eigenvalue weighted by Crippen LogP contribution is 2.15. The number of hydrogen-bond donors (Lipinski definition) is 7. The maximum atomic E-state index is 12.5. The second-order valence-corrected chi connectivity index (χ2v) is 22.2. The second kappa shape index (κ2) is 47.5. The number of hydrogen-bond acceptors (Lipinski definition) is 21. The lowest BCUT2D eigenvalue weighted by Crippen LogP contribution is -2.48. The molecule has 1 aliphatic heterocycles. The highest BCUT2D eigenvalue weighted by atomic mass is 16.7. The number of esters is 1. The van der Waals surface area contributed by atoms with Gasteiger partial charge >= 0.3 is 30.2 Å². The molecule has 0 spiro atoms. The molecule has 0 radical (unpaired) electrons. The number of hydroxylamine groups is 2. The number of alkyl carbamates (subject to hydrolysis) is 3. The molecule has 2 aromatic carbocycles. The van der Waals surface area contributed by atoms with E-state index >= 15 is 0 Å². The number of rotatable bonds is 36. The third kappa shape index (κ3) is 45.4. The number of nitrogens with one attached hydrogen (secondary N) is 4. The largest absolute Gasteiger partial charge is 0.460 e. The Morgan fingerprint density at radius 3 is 1.40 bits per heavy atom. The Kier molecular flexibility index (Phi) is 43.5. The molecule has 0 aromatic heterocycles. The molecule has 2 atom stereocenters. The highest BCUT2D eigenvalue weighted by Gasteiger charge is 2.36. The fraction of sp³-hybridized carbons (Fsp3) is 0.639. The summed E-state index contributed by atoms with van der Waals surface area (Å²) in [6.45, 7) is 27.7. The average molecular weight is 1260 g/mol. The molecule has 3 rings (SSSR count). The van der Waals surface area contributed by atoms with Crippen LogP contribution in [-0.2, 0) is 89.5 Å². The van der Waals surface area contributed by atoms with E-state index in [9.17, 15) is 47.9 Å². The Balaban J connectivity index is 0.00000128. The third-order valence-corrected chi connectivity index (χ3v) is 11.4. The van der Waals surface area contributed by atoms with E-state index in [4.69, 9.17) is 59.9 Å². The first-order chi connectivity index (χ1) is 42.0. The van der Waals surface area contributed by atoms with Crippen molar-refractivity contribution in [1.29, 1.82) is 0 Å². The van der Waals surface area contributed by atoms with Gasteiger partial charge in [-0.2, -0.15) is 0 Å². The number of amides is 8. The molecule has 8 amide bonds. The van der Waals surface area contributed by atoms with E-state index in [1.165, 1.54) is 0 Å². The summed E-state index contributed by atoms with van der Waals surface area (Å²) >= 11 is 0. The lowest BCUT2D eigenvalue weighted by atomic mass is 10.1. The molecule has 10 N–H and O–H groups in total. The fourth-order valence-electron chi connectivity index (χ4n) is 7.39. The Bertz CT molecular complexity index is 2350. The number of carbonyl (C=O) groups is 10. The third-order valence-electron chi connectivity index (χ3n) is 11.4. The molecule has 1 heterocycles. The number of imide groups is 1. The Labute approximate surface area is 524 Å². The molecule has 28 nitrogen and oxygen atoms in total. The minimum atomic E-state index is -1.32. The van der Waals surface area contributed by atoms with Crippen LogP contribution < -0.4 is 38.5 Å². The molecular formula is C61H101N9O19. The van der Waals surface area contributed by atoms with Crippen LogP contribution >= 0.6 is 0 Å². The molecule has 1 saturated heterocycles. The first-order valence-corrected chi connectivity index (χ1v) is 29.8. The van der Waals surface area contributed by atoms with Gasteiger partial charge in [-0.1, -0.05) is 67.6 Å². The topological polar surface area (TPSA) is 386 Å². The predicted molar refractivity (Wildman–Crippen MR) is 328 cm³/mol. The van der Waals surface area contributed by atoms with Crippen molar-refractivity contribution < 1.29 is 90.7 Å². The van der Waals surface area contributed by atoms with Gasteiger partial charge in [-0.25, -0.2) is 19.2 Å². The summed E-state index contributed by atoms with van der Waals surface area (Å²) in [4.78, 5) is 124. The van der Waals surface area contributed by atoms with E-state index < -0.39 is 77.1 Å². The van der Waals surface area contributed by atoms with E-state index in [1.54, 1.807) is 42.5 Å². The average Bonchev–Trinajstić information content (AvgIpc) is 4.09. The van der Waals surface area contributed by atoms with Crippen LogP contribution in [0.2, 0.25) is 0 Å². The molecule has 2 aromatic rings. The van der Waals surface area contributed by atoms with Crippen molar-refractivity contribution in [2.45, 2.75) is 176 Å². The molecule has 2 unspecified atom stereocenters. The monoisotopic (exact) mass is 1260 g/mol. The quantitative estimate of drug-likeness (QED) is 0.0212. The van der Waals surface area contributed by atoms with E-state index in [0.29, 0.717) is 82.9 Å². The number of benzene rings is 2. The predicted octanol–water partition coefficient (Wildman–Crippen LogP) is 4.60. The van der Waals surface area contributed by atoms with Gasteiger partial charge in [-0.15, -0.1) is 5.06 Å². The Morgan fingerprint density at radius 1 is 0.562 bits per heavy atom. The summed E-state index contributed by atoms with van der Waals surface area (Å²) in [6, 6.07) is 17.0. The van der Waals surface area contributed by atoms with Crippen LogP contribution in [0.15, 0.2) is 60.7 Å². The first kappa shape index (κ1) is 81.5. The van der Waals surface area contributed by atoms with E-state index in [0.717, 1.165) is 17.7 Å². The molecule has 1 aliphatic rings. The van der Waals surface area contributed by atoms with Gasteiger partial charge in [0.1, 0.15) is 36.5 Å². The number of ether oxygens (including phenoxy) is 8. The van der Waals surface area contributed by atoms with Crippen LogP contribution in [-0.4, -0.2) is 184 Å². The summed E-state index contributed by atoms with van der Waals surface area (Å²) < 4.78 is 41.6. The summed E-state index contributed by atoms with van der Waals surface area (Å²) in [5.74, 6) is -4.40. The molecule has 1 fully saturated rings. The van der Waals surface area contributed by atoms with Crippen molar-refractivity contribution >= 4 is 59.8 Å². The number of carbonyl (C=O) groups excluding carboxylic acids is 10. The van der Waals surface area contributed by atoms with Crippen LogP contribution in [0.5, 0.6) is 0 Å². The van der Waals surface area contributed by atoms with Gasteiger partial charge in [-0.3, -0.25) is 33.7 Å². The SMILES string of the molecule is CC(C)(C)OC(=O)CCCOCCOCCNC(=O)C(CCC(N)=O)NC(=O)OCc1ccccc1.CC(C)(C)OC(=O)NCCOCCOCCN.CCN(C(C)C)C(C)C.NC(=O)CCC(NC(=O)OCc1ccccc1)C(=O)ON1C(=O)CCC1=O. The minimum Gasteiger partial charge on any atom is -0.460 e. The van der Waals surface area contributed by atoms with Crippen molar-refractivity contribution in [2.24, 2.45) is 17.2 Å². The van der Waals surface area contributed by atoms with Crippen molar-refractivity contribution in [1.82, 2.24) is 31.2 Å². The summed E-state index contributed by atoms with van der Waals surface area (Å²) in [5.41, 5.74) is 16.1. The van der Waals surface area contributed by atoms with Crippen LogP contribution in [0.3, 0.4) is 0 Å². The van der Waals surface area contributed by atoms with Crippen molar-refractivity contribution in [3.05, 3.63) is 71.8 Å². The Morgan fingerprint density at radius 2 is 0.989 bits per heavy atom. The van der Waals surface area contributed by atoms with Crippen molar-refractivity contribution in [3.8, 4) is 0 Å². The summed E-state index contributed by atoms with van der Waals surface area (Å²) in [5, 5.41) is 10.3. The molecule has 0 aliphatic carbocycles. The molecule has 28 heteroatoms. The molecule has 0 saturated carbocycles. The van der Waals surface area contributed by atoms with Crippen molar-refractivity contribution in [2.75, 3.05) is 79.0 Å². The molecule has 504 valence electrons. The van der Waals surface area contributed by atoms with Gasteiger partial charge in [0.2, 0.25) is 17.7 Å². The maximum Gasteiger partial charge on any atom is 0.408 e. The Hall–Kier alpha value is -7.50. The zero-order valence-corrected chi connectivity index (χ0v) is 54.0. The van der Waals surface area contributed by atoms with Crippen LogP contribution in [0.25, 0.3) is 0 Å². The van der Waals surface area contributed by atoms with Gasteiger partial charge in [0.05, 0.1) is 46.2 Å². The minimum absolute atomic E-state index is 0.0344. The molecule has 89 heavy (non-hydrogen) atoms. The molecular weight excluding hydrogens is 1160 g/mol. The smallest absolute Gasteiger partial charge is 0.408 e. The van der Waals surface area contributed by atoms with Crippen molar-refractivity contribution in [3.63, 3.8) is 0 Å². The van der Waals surface area contributed by atoms with E-state index in [2.05, 4.69) is 60.8 Å². The standard InChI is InChI=1S/C25H39N3O8.C17H19N3O7.C11H24N2O4.C8H19N/c1-25(2,3)36-22(30)10-7-14-33-16-17-34-15-13-27-23(31)20(11-12-21(26)29)28-24(32)35-18-19-8-5-4-6-9-19;18-13(21)7-6-12(16(24)27-20-14(22)8-9-15(20)23)19-17(25)26-10-11-4-2-1-3-5-11;1-11(2,3)17-10(14)13-5-7-16-9-8-15-6-4-12;1-6-9(7(2)3)8(4)5/h4-6,8-9,20H,7,10-18H2,1-3H3,(H2,26,29)(H,27,31)(H,28,32);1-5,12H,6-10H2,(H2,18,21)(H,19,25);4-9,12H2,1-3H3,(H,13,14);7-8H,6H2,1-5H3. The number of nitrogens with two attached hydrogens (primary N) is 3. The highest BCUT2D eigenvalue weighted by molar-refractivity contribution is 6.02. The zero-order valence-electron chi connectivity index (χ0n) is 54.0. The first-order valence-electron chi connectivity index (χ1n) is 29.8. The van der Waals surface area contributed by atoms with Gasteiger partial charge in [0.15, 0.2) is 0 Å². The summed E-state index contributed by atoms with van der Waals surface area (Å²) in [7, 11) is 0. The summed E-state index contributed by atoms with van der Waals surface area (Å²) in [6.07, 6.45) is -1.85. The van der Waals surface area contributed by atoms with E-state index in [-0.39, 0.29) is 77.3 Å². The number of nitrogens with zero attached hydrogens (tertiary/aromatic N) is 2. The van der Waals surface area contributed by atoms with Gasteiger partial charge in [-0.05, 0) is 106 Å². The molecule has 0 bridgehead atoms.